The summed E-state index contributed by atoms with van der Waals surface area (Å²) in [6.45, 7) is 14.5. The molecule has 0 radical (unpaired) electrons. The molecule has 374 valence electrons. The number of carboxylic acids is 1. The molecule has 0 amide bonds. The Morgan fingerprint density at radius 1 is 0.824 bits per heavy atom. The van der Waals surface area contributed by atoms with Crippen molar-refractivity contribution in [3.8, 4) is 11.3 Å². The van der Waals surface area contributed by atoms with Crippen LogP contribution < -0.4 is 44.4 Å². The number of carboxylic acid groups (broad SMARTS) is 1. The first kappa shape index (κ1) is 59.3. The number of methoxy groups -OCH3 is 2. The molecule has 1 aromatic rings. The summed E-state index contributed by atoms with van der Waals surface area (Å²) in [4.78, 5) is 12.8. The predicted octanol–water partition coefficient (Wildman–Crippen LogP) is 2.71. The number of unbranched alkanes of at least 4 members (excludes halogenated alkanes) is 2. The smallest absolute Gasteiger partial charge is 0.744 e. The number of benzene rings is 2. The minimum atomic E-state index is -4.84. The Balaban J connectivity index is 0.0000122. The Labute approximate surface area is 424 Å². The zero-order chi connectivity index (χ0) is 49.1. The monoisotopic (exact) mass is 1000 g/mol. The van der Waals surface area contributed by atoms with Crippen molar-refractivity contribution in [1.82, 2.24) is 4.58 Å². The summed E-state index contributed by atoms with van der Waals surface area (Å²) in [5.41, 5.74) is 2.57. The van der Waals surface area contributed by atoms with Crippen molar-refractivity contribution in [2.24, 2.45) is 0 Å². The van der Waals surface area contributed by atoms with E-state index < -0.39 is 42.3 Å². The molecule has 0 spiro atoms. The molecule has 0 saturated carbocycles. The van der Waals surface area contributed by atoms with Crippen molar-refractivity contribution in [3.63, 3.8) is 0 Å². The van der Waals surface area contributed by atoms with E-state index in [1.54, 1.807) is 20.3 Å². The average molecular weight is 1000 g/mol. The van der Waals surface area contributed by atoms with Crippen molar-refractivity contribution in [1.29, 1.82) is 0 Å². The molecule has 0 saturated heterocycles. The topological polar surface area (TPSA) is 224 Å². The molecule has 0 bridgehead atoms. The van der Waals surface area contributed by atoms with Crippen LogP contribution in [-0.4, -0.2) is 143 Å². The van der Waals surface area contributed by atoms with E-state index in [0.717, 1.165) is 16.5 Å². The van der Waals surface area contributed by atoms with Crippen molar-refractivity contribution < 1.29 is 98.2 Å². The van der Waals surface area contributed by atoms with E-state index in [0.29, 0.717) is 133 Å². The third kappa shape index (κ3) is 19.0. The maximum atomic E-state index is 12.3. The number of hydrogen-bond acceptors (Lipinski definition) is 14. The summed E-state index contributed by atoms with van der Waals surface area (Å²) in [6, 6.07) is 12.3. The van der Waals surface area contributed by atoms with Crippen molar-refractivity contribution in [2.75, 3.05) is 111 Å². The summed E-state index contributed by atoms with van der Waals surface area (Å²) in [7, 11) is -5.90. The van der Waals surface area contributed by atoms with E-state index in [1.165, 1.54) is 12.1 Å². The summed E-state index contributed by atoms with van der Waals surface area (Å²) >= 11 is 0. The molecule has 3 aliphatic rings. The third-order valence-electron chi connectivity index (χ3n) is 11.4. The number of fused-ring (bicyclic) bond motifs is 2. The second kappa shape index (κ2) is 28.7. The van der Waals surface area contributed by atoms with E-state index in [2.05, 4.69) is 37.5 Å². The number of rotatable bonds is 31. The van der Waals surface area contributed by atoms with Gasteiger partial charge in [-0.15, -0.1) is 0 Å². The Bertz CT molecular complexity index is 2360. The fraction of sp³-hybridized carbons (Fsp3) is 0.583. The minimum absolute atomic E-state index is 0. The van der Waals surface area contributed by atoms with Gasteiger partial charge in [0.15, 0.2) is 13.1 Å². The van der Waals surface area contributed by atoms with Crippen LogP contribution in [0.3, 0.4) is 0 Å². The van der Waals surface area contributed by atoms with Gasteiger partial charge in [0.25, 0.3) is 10.1 Å². The molecular formula is C48H70N2NaO15S2+. The standard InChI is InChI=1S/C48H70N2O15S2.Na/c1-47(2,3)41-35-38(65-44-34-37(15-17-40(41)44)49(21-23-61-29-31-63-27-25-59-5)22-24-62-30-32-64-28-26-60-6)12-10-13-45-48(4,19-11-33-66(53,54)55)42-36-39(67(56,57)58)16-18-43(42)50(45)20-9-7-8-14-46(51)52;/h10,12-13,15-18,34-36H,7-9,11,14,19-33H2,1-6H3,(H2-,51,52,53,54,55,56,57,58);/q;+1. The first-order valence-corrected chi connectivity index (χ1v) is 25.7. The summed E-state index contributed by atoms with van der Waals surface area (Å²) in [6.07, 6.45) is 7.43. The quantitative estimate of drug-likeness (QED) is 0.0409. The maximum Gasteiger partial charge on any atom is 1.00 e. The minimum Gasteiger partial charge on any atom is -0.744 e. The Hall–Kier alpha value is -3.02. The molecule has 2 heterocycles. The number of anilines is 1. The molecule has 0 aromatic heterocycles. The first-order chi connectivity index (χ1) is 31.8. The van der Waals surface area contributed by atoms with E-state index in [4.69, 9.17) is 32.8 Å². The van der Waals surface area contributed by atoms with Gasteiger partial charge in [-0.2, -0.15) is 8.42 Å². The molecule has 20 heteroatoms. The van der Waals surface area contributed by atoms with E-state index in [1.807, 2.05) is 42.2 Å². The molecule has 68 heavy (non-hydrogen) atoms. The molecule has 2 N–H and O–H groups in total. The zero-order valence-corrected chi connectivity index (χ0v) is 44.5. The molecule has 2 aliphatic heterocycles. The van der Waals surface area contributed by atoms with Crippen molar-refractivity contribution in [3.05, 3.63) is 82.6 Å². The number of hydrogen-bond donors (Lipinski definition) is 2. The number of ether oxygens (including phenoxy) is 6. The molecule has 17 nitrogen and oxygen atoms in total. The fourth-order valence-electron chi connectivity index (χ4n) is 8.00. The second-order valence-corrected chi connectivity index (χ2v) is 20.5. The van der Waals surface area contributed by atoms with Crippen LogP contribution in [0.15, 0.2) is 69.6 Å². The number of aliphatic carboxylic acids is 1. The van der Waals surface area contributed by atoms with Gasteiger partial charge in [-0.25, -0.2) is 13.0 Å². The number of nitrogens with zero attached hydrogens (tertiary/aromatic N) is 2. The normalized spacial score (nSPS) is 15.9. The third-order valence-corrected chi connectivity index (χ3v) is 13.1. The van der Waals surface area contributed by atoms with Crippen molar-refractivity contribution in [2.45, 2.75) is 81.9 Å². The Morgan fingerprint density at radius 3 is 1.99 bits per heavy atom. The average Bonchev–Trinajstić information content (AvgIpc) is 3.48. The van der Waals surface area contributed by atoms with Gasteiger partial charge >= 0.3 is 35.5 Å². The molecule has 1 atom stereocenters. The van der Waals surface area contributed by atoms with Crippen LogP contribution in [0.5, 0.6) is 0 Å². The van der Waals surface area contributed by atoms with Crippen LogP contribution in [0.2, 0.25) is 0 Å². The van der Waals surface area contributed by atoms with Gasteiger partial charge in [-0.3, -0.25) is 9.35 Å². The molecule has 0 fully saturated rings. The summed E-state index contributed by atoms with van der Waals surface area (Å²) in [5, 5.41) is 10.1. The fourth-order valence-corrected chi connectivity index (χ4v) is 9.00. The van der Waals surface area contributed by atoms with Crippen LogP contribution in [0.4, 0.5) is 5.69 Å². The van der Waals surface area contributed by atoms with Gasteiger partial charge in [0.05, 0.1) is 69.6 Å². The van der Waals surface area contributed by atoms with Gasteiger partial charge in [0, 0.05) is 55.6 Å². The molecule has 1 aromatic carbocycles. The summed E-state index contributed by atoms with van der Waals surface area (Å²) in [5.74, 6) is -0.204. The zero-order valence-electron chi connectivity index (χ0n) is 40.8. The predicted molar refractivity (Wildman–Crippen MR) is 254 cm³/mol. The van der Waals surface area contributed by atoms with E-state index >= 15 is 0 Å². The van der Waals surface area contributed by atoms with Crippen LogP contribution >= 0.6 is 0 Å². The SMILES string of the molecule is COCCOCCOCC[N+](CCOCCOCCOC)=c1ccc2c(C(C)(C)C)cc(/C=C/C=C3/N(CCCCCC(=O)O)c4ccc(S(=O)(=O)[O-])cc4C3(C)CCCS(=O)(=O)O)oc-2c1.[Na+]. The van der Waals surface area contributed by atoms with E-state index in [9.17, 15) is 35.8 Å². The maximum absolute atomic E-state index is 12.3. The molecular weight excluding hydrogens is 932 g/mol. The van der Waals surface area contributed by atoms with Gasteiger partial charge in [0.1, 0.15) is 34.9 Å². The molecule has 4 rings (SSSR count). The van der Waals surface area contributed by atoms with Gasteiger partial charge in [-0.1, -0.05) is 33.3 Å². The Kier molecular flexibility index (Phi) is 25.1. The second-order valence-electron chi connectivity index (χ2n) is 17.5. The van der Waals surface area contributed by atoms with Crippen molar-refractivity contribution >= 4 is 38.0 Å². The van der Waals surface area contributed by atoms with Crippen LogP contribution in [0.25, 0.3) is 17.4 Å². The van der Waals surface area contributed by atoms with Gasteiger partial charge < -0.3 is 47.4 Å². The van der Waals surface area contributed by atoms with Crippen LogP contribution in [0.1, 0.15) is 83.1 Å². The number of carbonyl (C=O) groups is 1. The van der Waals surface area contributed by atoms with Gasteiger partial charge in [0.2, 0.25) is 5.36 Å². The first-order valence-electron chi connectivity index (χ1n) is 22.7. The van der Waals surface area contributed by atoms with Crippen LogP contribution in [-0.2, 0) is 64.3 Å². The van der Waals surface area contributed by atoms with Gasteiger partial charge in [-0.05, 0) is 91.6 Å². The largest absolute Gasteiger partial charge is 1.00 e. The Morgan fingerprint density at radius 2 is 1.43 bits per heavy atom. The molecule has 1 unspecified atom stereocenters. The van der Waals surface area contributed by atoms with E-state index in [-0.39, 0.29) is 54.2 Å². The van der Waals surface area contributed by atoms with Crippen LogP contribution in [0, 0.1) is 0 Å². The summed E-state index contributed by atoms with van der Waals surface area (Å²) < 4.78 is 112. The number of allylic oxidation sites excluding steroid dienone is 3. The molecule has 1 aliphatic carbocycles.